The van der Waals surface area contributed by atoms with Gasteiger partial charge in [0.2, 0.25) is 0 Å². The van der Waals surface area contributed by atoms with Crippen LogP contribution in [-0.4, -0.2) is 25.9 Å². The summed E-state index contributed by atoms with van der Waals surface area (Å²) in [6.07, 6.45) is 3.34. The fraction of sp³-hybridized carbons (Fsp3) is 0.235. The number of fused-ring (bicyclic) bond motifs is 1. The van der Waals surface area contributed by atoms with Crippen molar-refractivity contribution in [3.05, 3.63) is 34.5 Å². The van der Waals surface area contributed by atoms with E-state index in [0.29, 0.717) is 38.7 Å². The average molecular weight is 472 g/mol. The Bertz CT molecular complexity index is 1100. The Morgan fingerprint density at radius 2 is 2.14 bits per heavy atom. The highest BCUT2D eigenvalue weighted by molar-refractivity contribution is 9.10. The number of halogens is 4. The molecule has 0 aliphatic carbocycles. The lowest BCUT2D eigenvalue weighted by atomic mass is 10.3. The van der Waals surface area contributed by atoms with E-state index < -0.39 is 6.36 Å². The van der Waals surface area contributed by atoms with Crippen LogP contribution in [0.15, 0.2) is 39.1 Å². The highest BCUT2D eigenvalue weighted by Crippen LogP contribution is 2.34. The smallest absolute Gasteiger partial charge is 0.406 e. The molecule has 0 saturated carbocycles. The minimum atomic E-state index is -4.78. The zero-order valence-corrected chi connectivity index (χ0v) is 16.6. The summed E-state index contributed by atoms with van der Waals surface area (Å²) >= 11 is 4.29. The first-order chi connectivity index (χ1) is 13.2. The lowest BCUT2D eigenvalue weighted by molar-refractivity contribution is -0.274. The van der Waals surface area contributed by atoms with Gasteiger partial charge < -0.3 is 14.3 Å². The van der Waals surface area contributed by atoms with E-state index in [1.807, 2.05) is 0 Å². The number of imidazole rings is 1. The van der Waals surface area contributed by atoms with Crippen molar-refractivity contribution < 1.29 is 17.9 Å². The number of ether oxygens (including phenoxy) is 1. The van der Waals surface area contributed by atoms with E-state index in [9.17, 15) is 13.2 Å². The van der Waals surface area contributed by atoms with Crippen LogP contribution in [-0.2, 0) is 6.54 Å². The van der Waals surface area contributed by atoms with Gasteiger partial charge in [-0.1, -0.05) is 27.7 Å². The SMILES string of the molecule is C#CCCCn1cnc(=N)c2[nH]c(Sc3cc(Br)cc(OC(F)(F)F)c3)nc21. The van der Waals surface area contributed by atoms with Crippen LogP contribution in [0.2, 0.25) is 0 Å². The van der Waals surface area contributed by atoms with Gasteiger partial charge in [-0.25, -0.2) is 9.97 Å². The topological polar surface area (TPSA) is 79.6 Å². The third-order valence-corrected chi connectivity index (χ3v) is 4.83. The molecular weight excluding hydrogens is 459 g/mol. The summed E-state index contributed by atoms with van der Waals surface area (Å²) in [5, 5.41) is 8.36. The normalized spacial score (nSPS) is 11.5. The molecule has 0 spiro atoms. The molecule has 0 saturated heterocycles. The summed E-state index contributed by atoms with van der Waals surface area (Å²) < 4.78 is 43.6. The number of aryl methyl sites for hydroxylation is 1. The zero-order valence-electron chi connectivity index (χ0n) is 14.2. The van der Waals surface area contributed by atoms with Crippen LogP contribution in [0.1, 0.15) is 12.8 Å². The standard InChI is InChI=1S/C17H13BrF3N5OS/c1-2-3-4-5-26-9-23-14(22)13-15(26)25-16(24-13)28-12-7-10(18)6-11(8-12)27-17(19,20)21/h1,6-9,22H,3-5H2,(H,24,25). The molecule has 0 radical (unpaired) electrons. The van der Waals surface area contributed by atoms with Crippen LogP contribution in [0.3, 0.4) is 0 Å². The molecule has 146 valence electrons. The van der Waals surface area contributed by atoms with Crippen LogP contribution in [0.5, 0.6) is 5.75 Å². The summed E-state index contributed by atoms with van der Waals surface area (Å²) in [5.74, 6) is 2.22. The minimum absolute atomic E-state index is 0.0258. The lowest BCUT2D eigenvalue weighted by Crippen LogP contribution is -2.17. The molecule has 3 aromatic rings. The summed E-state index contributed by atoms with van der Waals surface area (Å²) in [5.41, 5.74) is 0.992. The number of aromatic nitrogens is 4. The summed E-state index contributed by atoms with van der Waals surface area (Å²) in [4.78, 5) is 12.0. The molecule has 0 aliphatic heterocycles. The molecule has 0 atom stereocenters. The van der Waals surface area contributed by atoms with E-state index in [4.69, 9.17) is 11.8 Å². The van der Waals surface area contributed by atoms with Crippen molar-refractivity contribution in [3.63, 3.8) is 0 Å². The van der Waals surface area contributed by atoms with Crippen LogP contribution < -0.4 is 10.2 Å². The van der Waals surface area contributed by atoms with Crippen molar-refractivity contribution in [3.8, 4) is 18.1 Å². The number of H-pyrrole nitrogens is 1. The van der Waals surface area contributed by atoms with Gasteiger partial charge in [0, 0.05) is 22.3 Å². The summed E-state index contributed by atoms with van der Waals surface area (Å²) in [6.45, 7) is 0.587. The quantitative estimate of drug-likeness (QED) is 0.410. The van der Waals surface area contributed by atoms with E-state index in [0.717, 1.165) is 18.2 Å². The molecule has 0 fully saturated rings. The molecule has 2 N–H and O–H groups in total. The monoisotopic (exact) mass is 471 g/mol. The Labute approximate surface area is 170 Å². The molecule has 3 rings (SSSR count). The number of rotatable bonds is 6. The molecule has 0 bridgehead atoms. The number of unbranched alkanes of at least 4 members (excludes halogenated alkanes) is 1. The fourth-order valence-electron chi connectivity index (χ4n) is 2.43. The van der Waals surface area contributed by atoms with Crippen LogP contribution in [0.25, 0.3) is 11.2 Å². The molecule has 0 unspecified atom stereocenters. The van der Waals surface area contributed by atoms with Gasteiger partial charge in [0.05, 0.1) is 6.33 Å². The first-order valence-corrected chi connectivity index (χ1v) is 9.53. The first kappa shape index (κ1) is 20.3. The maximum atomic E-state index is 12.5. The number of terminal acetylenes is 1. The van der Waals surface area contributed by atoms with Gasteiger partial charge in [-0.2, -0.15) is 0 Å². The molecule has 2 aromatic heterocycles. The van der Waals surface area contributed by atoms with Crippen molar-refractivity contribution in [1.29, 1.82) is 5.41 Å². The van der Waals surface area contributed by atoms with Crippen molar-refractivity contribution in [2.45, 2.75) is 35.8 Å². The van der Waals surface area contributed by atoms with E-state index in [1.54, 1.807) is 10.6 Å². The fourth-order valence-corrected chi connectivity index (χ4v) is 3.92. The van der Waals surface area contributed by atoms with Crippen LogP contribution in [0, 0.1) is 17.8 Å². The van der Waals surface area contributed by atoms with Gasteiger partial charge >= 0.3 is 6.36 Å². The number of benzene rings is 1. The lowest BCUT2D eigenvalue weighted by Gasteiger charge is -2.10. The van der Waals surface area contributed by atoms with E-state index in [-0.39, 0.29) is 11.2 Å². The molecule has 2 heterocycles. The zero-order chi connectivity index (χ0) is 20.3. The molecule has 11 heteroatoms. The molecule has 1 aromatic carbocycles. The molecule has 0 aliphatic rings. The highest BCUT2D eigenvalue weighted by Gasteiger charge is 2.31. The van der Waals surface area contributed by atoms with Crippen molar-refractivity contribution in [2.24, 2.45) is 0 Å². The summed E-state index contributed by atoms with van der Waals surface area (Å²) in [6, 6.07) is 4.13. The second kappa shape index (κ2) is 8.28. The predicted octanol–water partition coefficient (Wildman–Crippen LogP) is 4.46. The number of alkyl halides is 3. The van der Waals surface area contributed by atoms with Crippen LogP contribution in [0.4, 0.5) is 13.2 Å². The highest BCUT2D eigenvalue weighted by atomic mass is 79.9. The number of aromatic amines is 1. The second-order valence-electron chi connectivity index (χ2n) is 5.61. The first-order valence-electron chi connectivity index (χ1n) is 7.92. The Morgan fingerprint density at radius 3 is 2.86 bits per heavy atom. The van der Waals surface area contributed by atoms with E-state index in [2.05, 4.69) is 41.5 Å². The van der Waals surface area contributed by atoms with Crippen molar-refractivity contribution in [1.82, 2.24) is 19.5 Å². The molecule has 28 heavy (non-hydrogen) atoms. The van der Waals surface area contributed by atoms with Gasteiger partial charge in [0.25, 0.3) is 0 Å². The van der Waals surface area contributed by atoms with Crippen molar-refractivity contribution >= 4 is 38.9 Å². The number of hydrogen-bond donors (Lipinski definition) is 2. The number of nitrogens with one attached hydrogen (secondary N) is 2. The number of nitrogens with zero attached hydrogens (tertiary/aromatic N) is 3. The van der Waals surface area contributed by atoms with Gasteiger partial charge in [-0.3, -0.25) is 5.41 Å². The minimum Gasteiger partial charge on any atom is -0.406 e. The van der Waals surface area contributed by atoms with Gasteiger partial charge in [0.1, 0.15) is 11.3 Å². The average Bonchev–Trinajstić information content (AvgIpc) is 2.99. The van der Waals surface area contributed by atoms with Gasteiger partial charge in [-0.15, -0.1) is 25.5 Å². The largest absolute Gasteiger partial charge is 0.573 e. The van der Waals surface area contributed by atoms with Crippen molar-refractivity contribution in [2.75, 3.05) is 0 Å². The Kier molecular flexibility index (Phi) is 6.00. The Balaban J connectivity index is 1.91. The maximum Gasteiger partial charge on any atom is 0.573 e. The second-order valence-corrected chi connectivity index (χ2v) is 7.59. The van der Waals surface area contributed by atoms with E-state index in [1.165, 1.54) is 18.5 Å². The third kappa shape index (κ3) is 5.08. The van der Waals surface area contributed by atoms with Gasteiger partial charge in [0.15, 0.2) is 16.3 Å². The van der Waals surface area contributed by atoms with Gasteiger partial charge in [-0.05, 0) is 24.6 Å². The predicted molar refractivity (Wildman–Crippen MR) is 101 cm³/mol. The van der Waals surface area contributed by atoms with Crippen LogP contribution >= 0.6 is 27.7 Å². The third-order valence-electron chi connectivity index (χ3n) is 3.51. The Morgan fingerprint density at radius 1 is 1.36 bits per heavy atom. The summed E-state index contributed by atoms with van der Waals surface area (Å²) in [7, 11) is 0. The molecule has 6 nitrogen and oxygen atoms in total. The maximum absolute atomic E-state index is 12.5. The molecule has 0 amide bonds. The van der Waals surface area contributed by atoms with E-state index >= 15 is 0 Å². The Hall–Kier alpha value is -2.45. The number of hydrogen-bond acceptors (Lipinski definition) is 5. The molecular formula is C17H13BrF3N5OS.